The molecule has 2 atom stereocenters. The fraction of sp³-hybridized carbons (Fsp3) is 0.400. The number of hydrogen-bond donors (Lipinski definition) is 0. The fourth-order valence-electron chi connectivity index (χ4n) is 4.13. The summed E-state index contributed by atoms with van der Waals surface area (Å²) >= 11 is 0. The van der Waals surface area contributed by atoms with Gasteiger partial charge in [0.25, 0.3) is 0 Å². The molecule has 0 N–H and O–H groups in total. The Bertz CT molecular complexity index is 1290. The van der Waals surface area contributed by atoms with Crippen molar-refractivity contribution in [3.63, 3.8) is 0 Å². The van der Waals surface area contributed by atoms with Crippen molar-refractivity contribution < 1.29 is 13.5 Å². The van der Waals surface area contributed by atoms with Gasteiger partial charge >= 0.3 is 0 Å². The van der Waals surface area contributed by atoms with E-state index in [4.69, 9.17) is 4.74 Å². The van der Waals surface area contributed by atoms with E-state index in [1.54, 1.807) is 6.20 Å². The number of hydrogen-bond acceptors (Lipinski definition) is 6. The summed E-state index contributed by atoms with van der Waals surface area (Å²) in [6, 6.07) is 6.15. The highest BCUT2D eigenvalue weighted by Gasteiger charge is 2.26. The second kappa shape index (κ2) is 9.50. The normalized spacial score (nSPS) is 20.1. The van der Waals surface area contributed by atoms with Crippen LogP contribution in [0.4, 0.5) is 8.78 Å². The lowest BCUT2D eigenvalue weighted by atomic mass is 9.95. The van der Waals surface area contributed by atoms with E-state index in [0.29, 0.717) is 35.0 Å². The van der Waals surface area contributed by atoms with E-state index in [0.717, 1.165) is 24.9 Å². The smallest absolute Gasteiger partial charge is 0.182 e. The largest absolute Gasteiger partial charge is 0.378 e. The zero-order valence-electron chi connectivity index (χ0n) is 19.2. The first kappa shape index (κ1) is 22.5. The van der Waals surface area contributed by atoms with Crippen LogP contribution in [0.15, 0.2) is 42.9 Å². The third-order valence-corrected chi connectivity index (χ3v) is 6.03. The van der Waals surface area contributed by atoms with Gasteiger partial charge in [0.2, 0.25) is 0 Å². The third-order valence-electron chi connectivity index (χ3n) is 6.03. The molecule has 7 nitrogen and oxygen atoms in total. The molecule has 34 heavy (non-hydrogen) atoms. The summed E-state index contributed by atoms with van der Waals surface area (Å²) in [6.07, 6.45) is 9.78. The van der Waals surface area contributed by atoms with Gasteiger partial charge in [0, 0.05) is 42.7 Å². The molecule has 4 heterocycles. The topological polar surface area (TPSA) is 78.6 Å². The van der Waals surface area contributed by atoms with Crippen LogP contribution in [0.2, 0.25) is 0 Å². The first-order valence-electron chi connectivity index (χ1n) is 11.6. The van der Waals surface area contributed by atoms with Gasteiger partial charge in [-0.2, -0.15) is 5.10 Å². The highest BCUT2D eigenvalue weighted by atomic mass is 19.1. The molecule has 0 unspecified atom stereocenters. The van der Waals surface area contributed by atoms with Crippen molar-refractivity contribution >= 4 is 11.2 Å². The van der Waals surface area contributed by atoms with Crippen molar-refractivity contribution in [3.05, 3.63) is 66.0 Å². The second-order valence-electron chi connectivity index (χ2n) is 8.86. The minimum atomic E-state index is -0.682. The predicted octanol–water partition coefficient (Wildman–Crippen LogP) is 5.17. The monoisotopic (exact) mass is 464 g/mol. The summed E-state index contributed by atoms with van der Waals surface area (Å²) < 4.78 is 35.4. The number of fused-ring (bicyclic) bond motifs is 1. The lowest BCUT2D eigenvalue weighted by Gasteiger charge is -2.26. The van der Waals surface area contributed by atoms with Crippen LogP contribution >= 0.6 is 0 Å². The average molecular weight is 465 g/mol. The number of halogens is 2. The Morgan fingerprint density at radius 1 is 1.09 bits per heavy atom. The first-order valence-corrected chi connectivity index (χ1v) is 11.6. The van der Waals surface area contributed by atoms with E-state index in [1.807, 2.05) is 37.0 Å². The number of rotatable bonds is 3. The summed E-state index contributed by atoms with van der Waals surface area (Å²) in [6.45, 7) is 4.47. The molecule has 1 aromatic carbocycles. The van der Waals surface area contributed by atoms with Gasteiger partial charge in [-0.25, -0.2) is 28.7 Å². The molecule has 0 radical (unpaired) electrons. The number of ether oxygens (including phenoxy) is 1. The van der Waals surface area contributed by atoms with Crippen LogP contribution in [0.25, 0.3) is 22.4 Å². The molecule has 176 valence electrons. The van der Waals surface area contributed by atoms with Crippen LogP contribution in [-0.2, 0) is 4.74 Å². The number of nitrogens with zero attached hydrogens (tertiary/aromatic N) is 6. The van der Waals surface area contributed by atoms with Gasteiger partial charge in [0.05, 0.1) is 17.8 Å². The maximum absolute atomic E-state index is 14.4. The fourth-order valence-corrected chi connectivity index (χ4v) is 4.13. The maximum Gasteiger partial charge on any atom is 0.182 e. The van der Waals surface area contributed by atoms with E-state index >= 15 is 0 Å². The van der Waals surface area contributed by atoms with E-state index in [2.05, 4.69) is 25.0 Å². The Labute approximate surface area is 196 Å². The zero-order valence-corrected chi connectivity index (χ0v) is 19.2. The second-order valence-corrected chi connectivity index (χ2v) is 8.86. The van der Waals surface area contributed by atoms with Crippen molar-refractivity contribution in [1.29, 1.82) is 0 Å². The average Bonchev–Trinajstić information content (AvgIpc) is 3.52. The van der Waals surface area contributed by atoms with Gasteiger partial charge in [-0.15, -0.1) is 0 Å². The van der Waals surface area contributed by atoms with Crippen LogP contribution in [0.3, 0.4) is 0 Å². The van der Waals surface area contributed by atoms with Crippen LogP contribution in [0.1, 0.15) is 56.1 Å². The Hall–Kier alpha value is -3.33. The SMILES string of the molecule is Cc1cnc2c(-c3ccc(F)cc3F)nc([C@@H]3CCO[C@@H](C)C3)nc2n1.c1cnn(C2CC2)c1. The molecule has 1 aliphatic heterocycles. The third kappa shape index (κ3) is 4.94. The van der Waals surface area contributed by atoms with Gasteiger partial charge in [0.15, 0.2) is 5.65 Å². The summed E-state index contributed by atoms with van der Waals surface area (Å²) in [7, 11) is 0. The number of aryl methyl sites for hydroxylation is 1. The Kier molecular flexibility index (Phi) is 6.28. The molecule has 4 aromatic rings. The van der Waals surface area contributed by atoms with Gasteiger partial charge in [0.1, 0.15) is 28.7 Å². The summed E-state index contributed by atoms with van der Waals surface area (Å²) in [5.74, 6) is -0.609. The van der Waals surface area contributed by atoms with E-state index < -0.39 is 11.6 Å². The molecule has 9 heteroatoms. The molecule has 1 aliphatic carbocycles. The quantitative estimate of drug-likeness (QED) is 0.416. The van der Waals surface area contributed by atoms with Crippen LogP contribution in [0, 0.1) is 18.6 Å². The predicted molar refractivity (Wildman–Crippen MR) is 123 cm³/mol. The molecule has 0 spiro atoms. The van der Waals surface area contributed by atoms with E-state index in [9.17, 15) is 8.78 Å². The zero-order chi connectivity index (χ0) is 23.7. The summed E-state index contributed by atoms with van der Waals surface area (Å²) in [5.41, 5.74) is 2.08. The molecule has 6 rings (SSSR count). The summed E-state index contributed by atoms with van der Waals surface area (Å²) in [5, 5.41) is 4.09. The summed E-state index contributed by atoms with van der Waals surface area (Å²) in [4.78, 5) is 18.0. The molecule has 3 aromatic heterocycles. The lowest BCUT2D eigenvalue weighted by Crippen LogP contribution is -2.23. The molecule has 0 bridgehead atoms. The van der Waals surface area contributed by atoms with Crippen LogP contribution < -0.4 is 0 Å². The van der Waals surface area contributed by atoms with Gasteiger partial charge in [-0.3, -0.25) is 4.68 Å². The molecule has 1 saturated heterocycles. The molecule has 0 amide bonds. The Morgan fingerprint density at radius 2 is 1.94 bits per heavy atom. The van der Waals surface area contributed by atoms with Crippen molar-refractivity contribution in [2.24, 2.45) is 0 Å². The van der Waals surface area contributed by atoms with Crippen LogP contribution in [0.5, 0.6) is 0 Å². The maximum atomic E-state index is 14.4. The lowest BCUT2D eigenvalue weighted by molar-refractivity contribution is 0.0173. The van der Waals surface area contributed by atoms with Crippen LogP contribution in [-0.4, -0.2) is 42.4 Å². The standard InChI is InChI=1S/C19H18F2N4O.C6H8N2/c1-10-9-22-17-16(14-4-3-13(20)8-15(14)21)24-18(25-19(17)23-10)12-5-6-26-11(2)7-12;1-4-7-8(5-1)6-2-3-6/h3-4,8-9,11-12H,5-7H2,1-2H3;1,4-6H,2-3H2/t11-,12+;/m0./s1. The molecular weight excluding hydrogens is 438 g/mol. The molecule has 2 fully saturated rings. The molecule has 2 aliphatic rings. The van der Waals surface area contributed by atoms with E-state index in [1.165, 1.54) is 25.0 Å². The molecular formula is C25H26F2N6O. The Morgan fingerprint density at radius 3 is 2.65 bits per heavy atom. The van der Waals surface area contributed by atoms with E-state index in [-0.39, 0.29) is 17.6 Å². The Balaban J connectivity index is 0.000000252. The minimum Gasteiger partial charge on any atom is -0.378 e. The van der Waals surface area contributed by atoms with Crippen molar-refractivity contribution in [1.82, 2.24) is 29.7 Å². The number of aromatic nitrogens is 6. The van der Waals surface area contributed by atoms with Crippen molar-refractivity contribution in [2.45, 2.75) is 57.6 Å². The van der Waals surface area contributed by atoms with Gasteiger partial charge in [-0.05, 0) is 57.7 Å². The van der Waals surface area contributed by atoms with Gasteiger partial charge in [-0.1, -0.05) is 0 Å². The number of benzene rings is 1. The van der Waals surface area contributed by atoms with Crippen molar-refractivity contribution in [3.8, 4) is 11.3 Å². The molecule has 1 saturated carbocycles. The highest BCUT2D eigenvalue weighted by molar-refractivity contribution is 5.86. The van der Waals surface area contributed by atoms with Crippen molar-refractivity contribution in [2.75, 3.05) is 6.61 Å². The van der Waals surface area contributed by atoms with Gasteiger partial charge < -0.3 is 4.74 Å². The highest BCUT2D eigenvalue weighted by Crippen LogP contribution is 2.34. The first-order chi connectivity index (χ1) is 16.5. The minimum absolute atomic E-state index is 0.104.